The lowest BCUT2D eigenvalue weighted by atomic mass is 9.77. The molecule has 13 rings (SSSR count). The van der Waals surface area contributed by atoms with Crippen molar-refractivity contribution in [3.63, 3.8) is 0 Å². The summed E-state index contributed by atoms with van der Waals surface area (Å²) in [5, 5.41) is 2.71. The van der Waals surface area contributed by atoms with Crippen LogP contribution in [0.25, 0.3) is 121 Å². The maximum absolute atomic E-state index is 6.34. The molecule has 0 atom stereocenters. The molecule has 0 amide bonds. The first-order chi connectivity index (χ1) is 55.9. The molecule has 10 nitrogen and oxygen atoms in total. The second-order valence-corrected chi connectivity index (χ2v) is 40.2. The normalized spacial score (nSPS) is 12.3. The van der Waals surface area contributed by atoms with E-state index in [1.807, 2.05) is 102 Å². The van der Waals surface area contributed by atoms with Crippen LogP contribution in [-0.4, -0.2) is 114 Å². The van der Waals surface area contributed by atoms with Crippen molar-refractivity contribution in [2.24, 2.45) is 0 Å². The number of hydrogen-bond acceptors (Lipinski definition) is 20. The van der Waals surface area contributed by atoms with Gasteiger partial charge in [-0.05, 0) is 213 Å². The van der Waals surface area contributed by atoms with Crippen LogP contribution in [0.4, 0.5) is 0 Å². The Bertz CT molecular complexity index is 5120. The lowest BCUT2D eigenvalue weighted by molar-refractivity contribution is 0.0479. The lowest BCUT2D eigenvalue weighted by Gasteiger charge is -2.27. The van der Waals surface area contributed by atoms with Crippen molar-refractivity contribution in [1.29, 1.82) is 0 Å². The van der Waals surface area contributed by atoms with E-state index in [4.69, 9.17) is 46.6 Å². The van der Waals surface area contributed by atoms with Crippen LogP contribution in [0, 0.1) is 0 Å². The fourth-order valence-electron chi connectivity index (χ4n) is 14.2. The molecule has 0 aliphatic rings. The average molecular weight is 1720 g/mol. The molecule has 0 aliphatic carbocycles. The third kappa shape index (κ3) is 21.6. The molecule has 13 aromatic rings. The van der Waals surface area contributed by atoms with E-state index in [1.165, 1.54) is 143 Å². The molecule has 0 N–H and O–H groups in total. The fourth-order valence-corrected chi connectivity index (χ4v) is 25.8. The van der Waals surface area contributed by atoms with Gasteiger partial charge in [-0.2, -0.15) is 8.75 Å². The Morgan fingerprint density at radius 2 is 0.614 bits per heavy atom. The molecule has 0 saturated carbocycles. The van der Waals surface area contributed by atoms with Gasteiger partial charge in [-0.3, -0.25) is 0 Å². The van der Waals surface area contributed by atoms with Crippen molar-refractivity contribution in [3.05, 3.63) is 154 Å². The molecule has 608 valence electrons. The van der Waals surface area contributed by atoms with Gasteiger partial charge < -0.3 is 37.9 Å². The van der Waals surface area contributed by atoms with E-state index in [0.29, 0.717) is 79.3 Å². The van der Waals surface area contributed by atoms with E-state index in [2.05, 4.69) is 191 Å². The molecule has 10 heterocycles. The van der Waals surface area contributed by atoms with Gasteiger partial charge in [-0.25, -0.2) is 0 Å². The molecule has 114 heavy (non-hydrogen) atoms. The van der Waals surface area contributed by atoms with E-state index >= 15 is 0 Å². The van der Waals surface area contributed by atoms with Crippen LogP contribution in [0.15, 0.2) is 121 Å². The van der Waals surface area contributed by atoms with Crippen molar-refractivity contribution >= 4 is 145 Å². The zero-order chi connectivity index (χ0) is 79.2. The minimum atomic E-state index is 0.135. The second kappa shape index (κ2) is 43.3. The van der Waals surface area contributed by atoms with Crippen molar-refractivity contribution in [2.45, 2.75) is 183 Å². The van der Waals surface area contributed by atoms with E-state index in [0.717, 1.165) is 151 Å². The van der Waals surface area contributed by atoms with E-state index < -0.39 is 0 Å². The van der Waals surface area contributed by atoms with Crippen molar-refractivity contribution < 1.29 is 37.9 Å². The Balaban J connectivity index is 0.780. The first kappa shape index (κ1) is 86.8. The molecule has 0 fully saturated rings. The van der Waals surface area contributed by atoms with Crippen LogP contribution in [-0.2, 0) is 74.4 Å². The molecule has 0 radical (unpaired) electrons. The summed E-state index contributed by atoms with van der Waals surface area (Å²) in [6, 6.07) is 47.4. The average Bonchev–Trinajstić information content (AvgIpc) is 1.60. The van der Waals surface area contributed by atoms with Gasteiger partial charge in [0.2, 0.25) is 0 Å². The highest BCUT2D eigenvalue weighted by Crippen LogP contribution is 2.53. The number of fused-ring (bicyclic) bond motifs is 4. The van der Waals surface area contributed by atoms with Gasteiger partial charge in [-0.1, -0.05) is 119 Å². The Morgan fingerprint density at radius 1 is 0.281 bits per heavy atom. The van der Waals surface area contributed by atoms with Gasteiger partial charge in [0.15, 0.2) is 0 Å². The first-order valence-electron chi connectivity index (χ1n) is 41.7. The standard InChI is InChI=1S/C94H114N2O8S10/c1-11-19-41-97-49-53-101-45-37-64-58-83(63-23-27-73-71(57-63)72-62-68(24-28-74(72)105-73)93(9,15-5)16-6)110-89(64)79-33-29-75(106-79)76-30-34-80(107-76)90-65(38-46-102-54-50-98-42-20-12-2)59-84(111-90)69-25-26-70(88-87(69)95-114-96-88)85-60-66(39-47-103-55-51-99-43-21-13-3)91(112-85)81-35-31-77(108-81)78-32-36-82(109-78)92-67(40-48-104-56-52-100-44-22-14-4)61-86(113-92)94(10,17-7)18-8/h23-36,57-62H,11-22,37-56H2,1-10H3. The summed E-state index contributed by atoms with van der Waals surface area (Å²) in [4.78, 5) is 20.6. The lowest BCUT2D eigenvalue weighted by Crippen LogP contribution is -2.19. The van der Waals surface area contributed by atoms with Crippen LogP contribution in [0.3, 0.4) is 0 Å². The van der Waals surface area contributed by atoms with Crippen molar-refractivity contribution in [3.8, 4) is 89.8 Å². The highest BCUT2D eigenvalue weighted by Gasteiger charge is 2.29. The maximum atomic E-state index is 6.34. The van der Waals surface area contributed by atoms with E-state index in [-0.39, 0.29) is 10.8 Å². The van der Waals surface area contributed by atoms with E-state index in [9.17, 15) is 0 Å². The predicted octanol–water partition coefficient (Wildman–Crippen LogP) is 29.2. The molecule has 3 aromatic carbocycles. The summed E-state index contributed by atoms with van der Waals surface area (Å²) in [7, 11) is 0. The van der Waals surface area contributed by atoms with Gasteiger partial charge in [-0.15, -0.1) is 102 Å². The molecule has 0 saturated heterocycles. The van der Waals surface area contributed by atoms with Gasteiger partial charge in [0.05, 0.1) is 91.0 Å². The summed E-state index contributed by atoms with van der Waals surface area (Å²) >= 11 is 18.4. The van der Waals surface area contributed by atoms with E-state index in [1.54, 1.807) is 0 Å². The third-order valence-corrected chi connectivity index (χ3v) is 34.5. The Morgan fingerprint density at radius 3 is 1.00 bits per heavy atom. The summed E-state index contributed by atoms with van der Waals surface area (Å²) in [6.45, 7) is 33.4. The summed E-state index contributed by atoms with van der Waals surface area (Å²) in [5.74, 6) is 0. The summed E-state index contributed by atoms with van der Waals surface area (Å²) < 4.78 is 61.6. The van der Waals surface area contributed by atoms with Gasteiger partial charge in [0.1, 0.15) is 11.0 Å². The third-order valence-electron chi connectivity index (χ3n) is 22.3. The van der Waals surface area contributed by atoms with Gasteiger partial charge >= 0.3 is 0 Å². The highest BCUT2D eigenvalue weighted by atomic mass is 32.1. The molecular weight excluding hydrogens is 1610 g/mol. The Kier molecular flexibility index (Phi) is 33.0. The van der Waals surface area contributed by atoms with Crippen molar-refractivity contribution in [1.82, 2.24) is 8.75 Å². The van der Waals surface area contributed by atoms with Crippen molar-refractivity contribution in [2.75, 3.05) is 106 Å². The fraction of sp³-hybridized carbons (Fsp3) is 0.468. The zero-order valence-electron chi connectivity index (χ0n) is 68.4. The molecule has 10 aromatic heterocycles. The number of hydrogen-bond donors (Lipinski definition) is 0. The monoisotopic (exact) mass is 1720 g/mol. The summed E-state index contributed by atoms with van der Waals surface area (Å²) in [6.07, 6.45) is 16.5. The topological polar surface area (TPSA) is 99.6 Å². The maximum Gasteiger partial charge on any atom is 0.114 e. The molecule has 20 heteroatoms. The minimum absolute atomic E-state index is 0.135. The van der Waals surface area contributed by atoms with Crippen LogP contribution in [0.1, 0.15) is 179 Å². The van der Waals surface area contributed by atoms with Crippen LogP contribution in [0.5, 0.6) is 0 Å². The van der Waals surface area contributed by atoms with Gasteiger partial charge in [0, 0.05) is 141 Å². The quantitative estimate of drug-likeness (QED) is 0.0343. The minimum Gasteiger partial charge on any atom is -0.379 e. The number of benzene rings is 3. The predicted molar refractivity (Wildman–Crippen MR) is 499 cm³/mol. The van der Waals surface area contributed by atoms with Gasteiger partial charge in [0.25, 0.3) is 0 Å². The van der Waals surface area contributed by atoms with Crippen LogP contribution >= 0.6 is 114 Å². The first-order valence-corrected chi connectivity index (χ1v) is 49.8. The number of unbranched alkanes of at least 4 members (excludes halogenated alkanes) is 4. The number of aromatic nitrogens is 2. The molecule has 0 bridgehead atoms. The SMILES string of the molecule is CCCCOCCOCCc1cc(-c2ccc3sc4ccc(C(C)(CC)CC)cc4c3c2)sc1-c1ccc(-c2ccc(-c3sc(-c4ccc(-c5cc(CCOCCOCCCC)c(-c6ccc(-c7ccc(-c8sc(C(C)(CC)CC)cc8CCOCCOCCCC)s7)s6)s5)c5nsnc45)cc3CCOCCOCCCC)s2)s1. The van der Waals surface area contributed by atoms with Crippen LogP contribution in [0.2, 0.25) is 0 Å². The highest BCUT2D eigenvalue weighted by molar-refractivity contribution is 7.30. The number of thiophene rings is 9. The Labute approximate surface area is 717 Å². The molecule has 0 spiro atoms. The molecule has 0 unspecified atom stereocenters. The number of ether oxygens (including phenoxy) is 8. The van der Waals surface area contributed by atoms with Crippen LogP contribution < -0.4 is 0 Å². The number of rotatable bonds is 51. The molecular formula is C94H114N2O8S10. The Hall–Kier alpha value is -5.02. The second-order valence-electron chi connectivity index (χ2n) is 30.0. The summed E-state index contributed by atoms with van der Waals surface area (Å²) in [5.41, 5.74) is 12.3. The largest absolute Gasteiger partial charge is 0.379 e. The number of nitrogens with zero attached hydrogens (tertiary/aromatic N) is 2. The smallest absolute Gasteiger partial charge is 0.114 e. The molecule has 0 aliphatic heterocycles. The zero-order valence-corrected chi connectivity index (χ0v) is 76.6.